The van der Waals surface area contributed by atoms with Crippen molar-refractivity contribution in [3.05, 3.63) is 64.7 Å². The zero-order chi connectivity index (χ0) is 20.5. The van der Waals surface area contributed by atoms with Crippen molar-refractivity contribution in [2.24, 2.45) is 0 Å². The average molecular weight is 401 g/mol. The van der Waals surface area contributed by atoms with E-state index in [1.54, 1.807) is 24.3 Å². The Morgan fingerprint density at radius 3 is 2.43 bits per heavy atom. The molecule has 2 aromatic rings. The molecule has 0 radical (unpaired) electrons. The minimum Gasteiger partial charge on any atom is -0.465 e. The summed E-state index contributed by atoms with van der Waals surface area (Å²) in [6, 6.07) is 12.7. The molecule has 0 spiro atoms. The number of carbonyl (C=O) groups is 3. The van der Waals surface area contributed by atoms with Crippen LogP contribution in [0.1, 0.15) is 27.0 Å². The molecule has 1 amide bonds. The number of nitrogens with one attached hydrogen (secondary N) is 1. The van der Waals surface area contributed by atoms with E-state index in [-0.39, 0.29) is 24.8 Å². The first-order valence-electron chi connectivity index (χ1n) is 8.68. The van der Waals surface area contributed by atoms with Crippen molar-refractivity contribution in [1.29, 1.82) is 0 Å². The van der Waals surface area contributed by atoms with Gasteiger partial charge in [-0.05, 0) is 43.2 Å². The van der Waals surface area contributed by atoms with Gasteiger partial charge in [0.1, 0.15) is 0 Å². The molecule has 0 bridgehead atoms. The SMILES string of the molecule is COC(=O)c1ccc(CNC(=O)COC(=O)CSc2cc(C)ccc2C)cc1. The number of esters is 2. The Balaban J connectivity index is 1.71. The van der Waals surface area contributed by atoms with Gasteiger partial charge >= 0.3 is 11.9 Å². The van der Waals surface area contributed by atoms with Crippen molar-refractivity contribution in [1.82, 2.24) is 5.32 Å². The van der Waals surface area contributed by atoms with Gasteiger partial charge < -0.3 is 14.8 Å². The molecule has 28 heavy (non-hydrogen) atoms. The van der Waals surface area contributed by atoms with Crippen LogP contribution in [0.15, 0.2) is 47.4 Å². The van der Waals surface area contributed by atoms with Gasteiger partial charge in [-0.3, -0.25) is 9.59 Å². The van der Waals surface area contributed by atoms with Crippen LogP contribution in [0.4, 0.5) is 0 Å². The highest BCUT2D eigenvalue weighted by Crippen LogP contribution is 2.23. The topological polar surface area (TPSA) is 81.7 Å². The van der Waals surface area contributed by atoms with E-state index in [1.165, 1.54) is 18.9 Å². The molecule has 0 atom stereocenters. The van der Waals surface area contributed by atoms with Crippen LogP contribution in [0, 0.1) is 13.8 Å². The molecule has 2 aromatic carbocycles. The summed E-state index contributed by atoms with van der Waals surface area (Å²) >= 11 is 1.39. The van der Waals surface area contributed by atoms with E-state index in [0.717, 1.165) is 21.6 Å². The number of hydrogen-bond acceptors (Lipinski definition) is 6. The summed E-state index contributed by atoms with van der Waals surface area (Å²) in [6.07, 6.45) is 0. The smallest absolute Gasteiger partial charge is 0.337 e. The lowest BCUT2D eigenvalue weighted by Gasteiger charge is -2.08. The van der Waals surface area contributed by atoms with Crippen LogP contribution in [0.25, 0.3) is 0 Å². The molecule has 2 rings (SSSR count). The average Bonchev–Trinajstić information content (AvgIpc) is 2.71. The van der Waals surface area contributed by atoms with Crippen molar-refractivity contribution in [3.8, 4) is 0 Å². The predicted octanol–water partition coefficient (Wildman–Crippen LogP) is 3.04. The van der Waals surface area contributed by atoms with E-state index in [9.17, 15) is 14.4 Å². The summed E-state index contributed by atoms with van der Waals surface area (Å²) in [5, 5.41) is 2.67. The second-order valence-electron chi connectivity index (χ2n) is 6.18. The van der Waals surface area contributed by atoms with Gasteiger partial charge in [0.15, 0.2) is 6.61 Å². The molecule has 0 saturated heterocycles. The van der Waals surface area contributed by atoms with E-state index in [4.69, 9.17) is 4.74 Å². The van der Waals surface area contributed by atoms with Crippen molar-refractivity contribution in [2.45, 2.75) is 25.3 Å². The standard InChI is InChI=1S/C21H23NO5S/c1-14-4-5-15(2)18(10-14)28-13-20(24)27-12-19(23)22-11-16-6-8-17(9-7-16)21(25)26-3/h4-10H,11-13H2,1-3H3,(H,22,23). The largest absolute Gasteiger partial charge is 0.465 e. The first-order chi connectivity index (χ1) is 13.4. The fraction of sp³-hybridized carbons (Fsp3) is 0.286. The summed E-state index contributed by atoms with van der Waals surface area (Å²) in [4.78, 5) is 36.1. The summed E-state index contributed by atoms with van der Waals surface area (Å²) in [5.74, 6) is -1.10. The van der Waals surface area contributed by atoms with Crippen molar-refractivity contribution < 1.29 is 23.9 Å². The van der Waals surface area contributed by atoms with Gasteiger partial charge in [-0.25, -0.2) is 4.79 Å². The van der Waals surface area contributed by atoms with Crippen LogP contribution in [0.3, 0.4) is 0 Å². The van der Waals surface area contributed by atoms with Gasteiger partial charge in [0.25, 0.3) is 5.91 Å². The minimum absolute atomic E-state index is 0.145. The van der Waals surface area contributed by atoms with Crippen molar-refractivity contribution in [3.63, 3.8) is 0 Å². The van der Waals surface area contributed by atoms with Gasteiger partial charge in [0.2, 0.25) is 0 Å². The summed E-state index contributed by atoms with van der Waals surface area (Å²) in [6.45, 7) is 3.93. The third-order valence-electron chi connectivity index (χ3n) is 3.92. The number of thioether (sulfide) groups is 1. The molecule has 0 unspecified atom stereocenters. The lowest BCUT2D eigenvalue weighted by molar-refractivity contribution is -0.145. The number of amides is 1. The van der Waals surface area contributed by atoms with E-state index >= 15 is 0 Å². The molecule has 148 valence electrons. The molecular weight excluding hydrogens is 378 g/mol. The van der Waals surface area contributed by atoms with Crippen LogP contribution < -0.4 is 5.32 Å². The van der Waals surface area contributed by atoms with E-state index in [0.29, 0.717) is 5.56 Å². The number of hydrogen-bond donors (Lipinski definition) is 1. The zero-order valence-corrected chi connectivity index (χ0v) is 16.9. The van der Waals surface area contributed by atoms with Gasteiger partial charge in [-0.1, -0.05) is 29.8 Å². The Morgan fingerprint density at radius 1 is 1.04 bits per heavy atom. The normalized spacial score (nSPS) is 10.2. The fourth-order valence-electron chi connectivity index (χ4n) is 2.32. The van der Waals surface area contributed by atoms with Crippen LogP contribution in [-0.4, -0.2) is 37.3 Å². The number of methoxy groups -OCH3 is 1. The van der Waals surface area contributed by atoms with Gasteiger partial charge in [0, 0.05) is 11.4 Å². The number of carbonyl (C=O) groups excluding carboxylic acids is 3. The number of rotatable bonds is 8. The molecule has 1 N–H and O–H groups in total. The lowest BCUT2D eigenvalue weighted by atomic mass is 10.1. The highest BCUT2D eigenvalue weighted by molar-refractivity contribution is 8.00. The second kappa shape index (κ2) is 10.5. The summed E-state index contributed by atoms with van der Waals surface area (Å²) < 4.78 is 9.65. The number of ether oxygens (including phenoxy) is 2. The Hall–Kier alpha value is -2.80. The second-order valence-corrected chi connectivity index (χ2v) is 7.20. The Bertz CT molecular complexity index is 848. The van der Waals surface area contributed by atoms with Crippen molar-refractivity contribution >= 4 is 29.6 Å². The molecule has 0 aliphatic rings. The van der Waals surface area contributed by atoms with Gasteiger partial charge in [-0.2, -0.15) is 0 Å². The van der Waals surface area contributed by atoms with Crippen LogP contribution in [0.2, 0.25) is 0 Å². The van der Waals surface area contributed by atoms with Gasteiger partial charge in [-0.15, -0.1) is 11.8 Å². The Morgan fingerprint density at radius 2 is 1.75 bits per heavy atom. The molecule has 0 aliphatic carbocycles. The third-order valence-corrected chi connectivity index (χ3v) is 5.05. The maximum atomic E-state index is 11.9. The third kappa shape index (κ3) is 6.74. The zero-order valence-electron chi connectivity index (χ0n) is 16.1. The fourth-order valence-corrected chi connectivity index (χ4v) is 3.24. The summed E-state index contributed by atoms with van der Waals surface area (Å²) in [5.41, 5.74) is 3.48. The van der Waals surface area contributed by atoms with Crippen LogP contribution >= 0.6 is 11.8 Å². The number of aryl methyl sites for hydroxylation is 2. The van der Waals surface area contributed by atoms with E-state index < -0.39 is 11.9 Å². The molecule has 0 aliphatic heterocycles. The predicted molar refractivity (Wildman–Crippen MR) is 107 cm³/mol. The highest BCUT2D eigenvalue weighted by Gasteiger charge is 2.10. The van der Waals surface area contributed by atoms with Crippen LogP contribution in [0.5, 0.6) is 0 Å². The molecule has 0 heterocycles. The van der Waals surface area contributed by atoms with E-state index in [1.807, 2.05) is 32.0 Å². The first-order valence-corrected chi connectivity index (χ1v) is 9.67. The van der Waals surface area contributed by atoms with Gasteiger partial charge in [0.05, 0.1) is 18.4 Å². The summed E-state index contributed by atoms with van der Waals surface area (Å²) in [7, 11) is 1.32. The van der Waals surface area contributed by atoms with Crippen LogP contribution in [-0.2, 0) is 25.6 Å². The molecule has 7 heteroatoms. The Labute approximate surface area is 168 Å². The lowest BCUT2D eigenvalue weighted by Crippen LogP contribution is -2.28. The Kier molecular flexibility index (Phi) is 8.07. The minimum atomic E-state index is -0.441. The molecule has 0 aromatic heterocycles. The highest BCUT2D eigenvalue weighted by atomic mass is 32.2. The quantitative estimate of drug-likeness (QED) is 0.541. The maximum Gasteiger partial charge on any atom is 0.337 e. The molecule has 0 fully saturated rings. The first kappa shape index (κ1) is 21.5. The molecule has 6 nitrogen and oxygen atoms in total. The van der Waals surface area contributed by atoms with Crippen molar-refractivity contribution in [2.75, 3.05) is 19.5 Å². The molecule has 0 saturated carbocycles. The number of benzene rings is 2. The van der Waals surface area contributed by atoms with E-state index in [2.05, 4.69) is 10.1 Å². The molecular formula is C21H23NO5S. The monoisotopic (exact) mass is 401 g/mol. The maximum absolute atomic E-state index is 11.9.